The van der Waals surface area contributed by atoms with Crippen LogP contribution in [0.25, 0.3) is 0 Å². The molecule has 2 N–H and O–H groups in total. The van der Waals surface area contributed by atoms with Crippen LogP contribution >= 0.6 is 0 Å². The van der Waals surface area contributed by atoms with Crippen molar-refractivity contribution in [1.82, 2.24) is 0 Å². The first-order valence-corrected chi connectivity index (χ1v) is 8.41. The van der Waals surface area contributed by atoms with Gasteiger partial charge in [-0.15, -0.1) is 0 Å². The summed E-state index contributed by atoms with van der Waals surface area (Å²) in [4.78, 5) is 12.2. The first-order valence-electron chi connectivity index (χ1n) is 8.41. The van der Waals surface area contributed by atoms with Crippen LogP contribution in [0.4, 0.5) is 0 Å². The zero-order valence-corrected chi connectivity index (χ0v) is 13.5. The predicted octanol–water partition coefficient (Wildman–Crippen LogP) is 3.39. The van der Waals surface area contributed by atoms with Gasteiger partial charge in [-0.1, -0.05) is 13.0 Å². The summed E-state index contributed by atoms with van der Waals surface area (Å²) < 4.78 is 0. The molecule has 0 saturated heterocycles. The Hall–Kier alpha value is -1.35. The van der Waals surface area contributed by atoms with Gasteiger partial charge in [0.1, 0.15) is 11.5 Å². The number of carbonyl (C=O) groups is 1. The number of aromatic hydroxyl groups is 1. The summed E-state index contributed by atoms with van der Waals surface area (Å²) in [5.41, 5.74) is 2.11. The Kier molecular flexibility index (Phi) is 4.02. The van der Waals surface area contributed by atoms with Gasteiger partial charge < -0.3 is 10.2 Å². The Morgan fingerprint density at radius 3 is 2.86 bits per heavy atom. The van der Waals surface area contributed by atoms with Gasteiger partial charge in [-0.3, -0.25) is 4.79 Å². The van der Waals surface area contributed by atoms with E-state index >= 15 is 0 Å². The number of phenolic OH excluding ortho intramolecular Hbond substituents is 1. The Morgan fingerprint density at radius 2 is 2.09 bits per heavy atom. The summed E-state index contributed by atoms with van der Waals surface area (Å²) in [6.45, 7) is 4.15. The van der Waals surface area contributed by atoms with Crippen LogP contribution in [0.5, 0.6) is 5.75 Å². The van der Waals surface area contributed by atoms with Gasteiger partial charge in [0, 0.05) is 11.8 Å². The van der Waals surface area contributed by atoms with E-state index in [4.69, 9.17) is 0 Å². The van der Waals surface area contributed by atoms with E-state index in [-0.39, 0.29) is 17.4 Å². The summed E-state index contributed by atoms with van der Waals surface area (Å²) in [7, 11) is 0. The fourth-order valence-electron chi connectivity index (χ4n) is 4.68. The van der Waals surface area contributed by atoms with Crippen LogP contribution in [0.1, 0.15) is 50.2 Å². The van der Waals surface area contributed by atoms with Crippen LogP contribution in [0.15, 0.2) is 18.2 Å². The maximum atomic E-state index is 12.2. The summed E-state index contributed by atoms with van der Waals surface area (Å²) >= 11 is 0. The molecule has 0 spiro atoms. The van der Waals surface area contributed by atoms with E-state index in [0.29, 0.717) is 23.9 Å². The normalized spacial score (nSPS) is 34.7. The smallest absolute Gasteiger partial charge is 0.139 e. The van der Waals surface area contributed by atoms with E-state index in [1.807, 2.05) is 12.1 Å². The van der Waals surface area contributed by atoms with Crippen LogP contribution in [0.3, 0.4) is 0 Å². The van der Waals surface area contributed by atoms with Crippen molar-refractivity contribution in [2.45, 2.75) is 58.5 Å². The maximum absolute atomic E-state index is 12.2. The molecule has 1 aromatic rings. The van der Waals surface area contributed by atoms with Gasteiger partial charge in [-0.2, -0.15) is 0 Å². The maximum Gasteiger partial charge on any atom is 0.139 e. The van der Waals surface area contributed by atoms with Crippen molar-refractivity contribution in [1.29, 1.82) is 0 Å². The van der Waals surface area contributed by atoms with Crippen LogP contribution < -0.4 is 0 Å². The van der Waals surface area contributed by atoms with Crippen molar-refractivity contribution in [3.05, 3.63) is 29.3 Å². The molecule has 3 nitrogen and oxygen atoms in total. The molecule has 120 valence electrons. The molecule has 0 bridgehead atoms. The zero-order chi connectivity index (χ0) is 15.9. The van der Waals surface area contributed by atoms with E-state index in [0.717, 1.165) is 37.7 Å². The molecule has 2 aliphatic rings. The minimum absolute atomic E-state index is 0.201. The molecule has 2 aliphatic carbocycles. The molecule has 0 radical (unpaired) electrons. The average Bonchev–Trinajstić information content (AvgIpc) is 2.78. The highest BCUT2D eigenvalue weighted by molar-refractivity contribution is 5.87. The fraction of sp³-hybridized carbons (Fsp3) is 0.632. The number of benzene rings is 1. The van der Waals surface area contributed by atoms with E-state index in [2.05, 4.69) is 13.8 Å². The number of aryl methyl sites for hydroxylation is 2. The van der Waals surface area contributed by atoms with Crippen molar-refractivity contribution in [3.8, 4) is 5.75 Å². The lowest BCUT2D eigenvalue weighted by atomic mass is 9.62. The number of fused-ring (bicyclic) bond motifs is 1. The Labute approximate surface area is 132 Å². The van der Waals surface area contributed by atoms with Crippen LogP contribution in [0, 0.1) is 24.2 Å². The fourth-order valence-corrected chi connectivity index (χ4v) is 4.68. The van der Waals surface area contributed by atoms with E-state index in [9.17, 15) is 15.0 Å². The second kappa shape index (κ2) is 5.69. The van der Waals surface area contributed by atoms with E-state index < -0.39 is 0 Å². The first kappa shape index (κ1) is 15.5. The molecule has 22 heavy (non-hydrogen) atoms. The molecule has 0 amide bonds. The first-order chi connectivity index (χ1) is 10.4. The SMILES string of the molecule is Cc1ccc(O)cc1CCC1[C@@H](O)CC[C@]2(C)C(=O)CC[C@@H]12. The molecule has 4 atom stereocenters. The summed E-state index contributed by atoms with van der Waals surface area (Å²) in [5, 5.41) is 20.1. The van der Waals surface area contributed by atoms with Gasteiger partial charge in [0.15, 0.2) is 0 Å². The van der Waals surface area contributed by atoms with Gasteiger partial charge in [-0.25, -0.2) is 0 Å². The van der Waals surface area contributed by atoms with E-state index in [1.54, 1.807) is 6.07 Å². The monoisotopic (exact) mass is 302 g/mol. The highest BCUT2D eigenvalue weighted by Gasteiger charge is 2.53. The standard InChI is InChI=1S/C19H26O3/c1-12-3-5-14(20)11-13(12)4-6-15-16-7-8-18(22)19(16,2)10-9-17(15)21/h3,5,11,15-17,20-21H,4,6-10H2,1-2H3/t15?,16-,17-,19-/m0/s1. The molecule has 1 aromatic carbocycles. The highest BCUT2D eigenvalue weighted by atomic mass is 16.3. The third-order valence-electron chi connectivity index (χ3n) is 6.19. The third kappa shape index (κ3) is 2.56. The van der Waals surface area contributed by atoms with Crippen molar-refractivity contribution in [2.75, 3.05) is 0 Å². The number of rotatable bonds is 3. The minimum atomic E-state index is -0.290. The van der Waals surface area contributed by atoms with Gasteiger partial charge in [0.05, 0.1) is 6.10 Å². The minimum Gasteiger partial charge on any atom is -0.508 e. The van der Waals surface area contributed by atoms with Gasteiger partial charge >= 0.3 is 0 Å². The molecule has 0 heterocycles. The number of phenols is 1. The van der Waals surface area contributed by atoms with E-state index in [1.165, 1.54) is 5.56 Å². The van der Waals surface area contributed by atoms with Gasteiger partial charge in [0.25, 0.3) is 0 Å². The Bertz CT molecular complexity index is 580. The lowest BCUT2D eigenvalue weighted by Crippen LogP contribution is -2.44. The largest absolute Gasteiger partial charge is 0.508 e. The Balaban J connectivity index is 1.76. The summed E-state index contributed by atoms with van der Waals surface area (Å²) in [6.07, 6.45) is 4.62. The number of hydrogen-bond acceptors (Lipinski definition) is 3. The van der Waals surface area contributed by atoms with Gasteiger partial charge in [0.2, 0.25) is 0 Å². The lowest BCUT2D eigenvalue weighted by Gasteiger charge is -2.43. The molecule has 0 aromatic heterocycles. The predicted molar refractivity (Wildman–Crippen MR) is 85.7 cm³/mol. The van der Waals surface area contributed by atoms with Crippen LogP contribution in [-0.4, -0.2) is 22.1 Å². The number of aliphatic hydroxyl groups is 1. The van der Waals surface area contributed by atoms with Crippen LogP contribution in [-0.2, 0) is 11.2 Å². The number of hydrogen-bond donors (Lipinski definition) is 2. The van der Waals surface area contributed by atoms with Crippen molar-refractivity contribution < 1.29 is 15.0 Å². The number of ketones is 1. The van der Waals surface area contributed by atoms with Crippen molar-refractivity contribution in [2.24, 2.45) is 17.3 Å². The van der Waals surface area contributed by atoms with Crippen molar-refractivity contribution >= 4 is 5.78 Å². The topological polar surface area (TPSA) is 57.5 Å². The third-order valence-corrected chi connectivity index (χ3v) is 6.19. The number of Topliss-reactive ketones (excluding diaryl/α,β-unsaturated/α-hetero) is 1. The number of aliphatic hydroxyl groups excluding tert-OH is 1. The molecule has 0 aliphatic heterocycles. The quantitative estimate of drug-likeness (QED) is 0.900. The molecule has 1 unspecified atom stereocenters. The molecule has 2 saturated carbocycles. The molecular weight excluding hydrogens is 276 g/mol. The second-order valence-corrected chi connectivity index (χ2v) is 7.41. The number of carbonyl (C=O) groups excluding carboxylic acids is 1. The molecule has 3 heteroatoms. The average molecular weight is 302 g/mol. The summed E-state index contributed by atoms with van der Waals surface area (Å²) in [5.74, 6) is 1.21. The summed E-state index contributed by atoms with van der Waals surface area (Å²) in [6, 6.07) is 5.47. The van der Waals surface area contributed by atoms with Crippen LogP contribution in [0.2, 0.25) is 0 Å². The second-order valence-electron chi connectivity index (χ2n) is 7.41. The lowest BCUT2D eigenvalue weighted by molar-refractivity contribution is -0.131. The Morgan fingerprint density at radius 1 is 1.32 bits per heavy atom. The molecular formula is C19H26O3. The molecule has 3 rings (SSSR count). The highest BCUT2D eigenvalue weighted by Crippen LogP contribution is 2.53. The van der Waals surface area contributed by atoms with Crippen molar-refractivity contribution in [3.63, 3.8) is 0 Å². The van der Waals surface area contributed by atoms with Gasteiger partial charge in [-0.05, 0) is 74.1 Å². The zero-order valence-electron chi connectivity index (χ0n) is 13.5. The molecule has 2 fully saturated rings.